The maximum Gasteiger partial charge on any atom is 0.0999 e. The SMILES string of the molecule is c1ccc(CN2CO[C@H]3CN(Cc4ccccc4)CO[C@H]3C2)cc1. The lowest BCUT2D eigenvalue weighted by molar-refractivity contribution is -0.211. The monoisotopic (exact) mass is 324 g/mol. The van der Waals surface area contributed by atoms with Crippen molar-refractivity contribution in [2.45, 2.75) is 25.3 Å². The van der Waals surface area contributed by atoms with E-state index in [-0.39, 0.29) is 12.2 Å². The molecular formula is C20H24N2O2. The van der Waals surface area contributed by atoms with Crippen LogP contribution in [-0.4, -0.2) is 48.6 Å². The maximum atomic E-state index is 6.09. The third-order valence-electron chi connectivity index (χ3n) is 4.73. The third kappa shape index (κ3) is 3.84. The number of hydrogen-bond acceptors (Lipinski definition) is 4. The summed E-state index contributed by atoms with van der Waals surface area (Å²) in [6.45, 7) is 5.08. The van der Waals surface area contributed by atoms with E-state index in [1.165, 1.54) is 11.1 Å². The van der Waals surface area contributed by atoms with E-state index in [2.05, 4.69) is 70.5 Å². The summed E-state index contributed by atoms with van der Waals surface area (Å²) >= 11 is 0. The first kappa shape index (κ1) is 15.8. The summed E-state index contributed by atoms with van der Waals surface area (Å²) in [4.78, 5) is 4.65. The number of fused-ring (bicyclic) bond motifs is 1. The second-order valence-corrected chi connectivity index (χ2v) is 6.66. The van der Waals surface area contributed by atoms with Crippen LogP contribution < -0.4 is 0 Å². The molecule has 0 unspecified atom stereocenters. The molecule has 2 aromatic rings. The molecule has 0 aromatic heterocycles. The smallest absolute Gasteiger partial charge is 0.0999 e. The van der Waals surface area contributed by atoms with Gasteiger partial charge in [-0.25, -0.2) is 0 Å². The number of rotatable bonds is 4. The molecule has 2 saturated heterocycles. The summed E-state index contributed by atoms with van der Waals surface area (Å²) in [7, 11) is 0. The van der Waals surface area contributed by atoms with Crippen molar-refractivity contribution in [3.8, 4) is 0 Å². The molecule has 0 amide bonds. The summed E-state index contributed by atoms with van der Waals surface area (Å²) in [5, 5.41) is 0. The normalized spacial score (nSPS) is 25.3. The maximum absolute atomic E-state index is 6.09. The number of benzene rings is 2. The lowest BCUT2D eigenvalue weighted by Crippen LogP contribution is -2.57. The van der Waals surface area contributed by atoms with E-state index in [0.29, 0.717) is 13.5 Å². The zero-order valence-corrected chi connectivity index (χ0v) is 13.9. The molecule has 24 heavy (non-hydrogen) atoms. The molecule has 2 heterocycles. The van der Waals surface area contributed by atoms with Crippen LogP contribution in [0.5, 0.6) is 0 Å². The molecule has 0 spiro atoms. The predicted octanol–water partition coefficient (Wildman–Crippen LogP) is 2.70. The van der Waals surface area contributed by atoms with Crippen LogP contribution in [0, 0.1) is 0 Å². The highest BCUT2D eigenvalue weighted by molar-refractivity contribution is 5.15. The van der Waals surface area contributed by atoms with Crippen LogP contribution >= 0.6 is 0 Å². The molecule has 2 atom stereocenters. The van der Waals surface area contributed by atoms with E-state index < -0.39 is 0 Å². The minimum Gasteiger partial charge on any atom is -0.359 e. The van der Waals surface area contributed by atoms with Crippen LogP contribution in [-0.2, 0) is 22.6 Å². The van der Waals surface area contributed by atoms with Crippen LogP contribution in [0.4, 0.5) is 0 Å². The van der Waals surface area contributed by atoms with Gasteiger partial charge in [-0.3, -0.25) is 9.80 Å². The van der Waals surface area contributed by atoms with Crippen molar-refractivity contribution >= 4 is 0 Å². The summed E-state index contributed by atoms with van der Waals surface area (Å²) in [6.07, 6.45) is 0.351. The molecule has 4 heteroatoms. The van der Waals surface area contributed by atoms with Crippen molar-refractivity contribution in [1.82, 2.24) is 9.80 Å². The van der Waals surface area contributed by atoms with E-state index in [1.54, 1.807) is 0 Å². The molecule has 4 rings (SSSR count). The van der Waals surface area contributed by atoms with Gasteiger partial charge in [0.15, 0.2) is 0 Å². The van der Waals surface area contributed by atoms with E-state index in [0.717, 1.165) is 26.2 Å². The standard InChI is InChI=1S/C20H24N2O2/c1-3-7-17(8-4-1)11-21-13-19-20(23-15-21)14-22(16-24-19)12-18-9-5-2-6-10-18/h1-10,19-20H,11-16H2/t19-,20-/m0/s1. The van der Waals surface area contributed by atoms with Crippen molar-refractivity contribution in [2.24, 2.45) is 0 Å². The van der Waals surface area contributed by atoms with E-state index >= 15 is 0 Å². The average molecular weight is 324 g/mol. The summed E-state index contributed by atoms with van der Waals surface area (Å²) in [6, 6.07) is 21.1. The molecule has 2 fully saturated rings. The Morgan fingerprint density at radius 3 is 1.50 bits per heavy atom. The topological polar surface area (TPSA) is 24.9 Å². The summed E-state index contributed by atoms with van der Waals surface area (Å²) in [5.74, 6) is 0. The largest absolute Gasteiger partial charge is 0.359 e. The van der Waals surface area contributed by atoms with Gasteiger partial charge in [0.2, 0.25) is 0 Å². The quantitative estimate of drug-likeness (QED) is 0.863. The summed E-state index contributed by atoms with van der Waals surface area (Å²) < 4.78 is 12.2. The van der Waals surface area contributed by atoms with Crippen molar-refractivity contribution in [3.05, 3.63) is 71.8 Å². The van der Waals surface area contributed by atoms with Gasteiger partial charge in [0.1, 0.15) is 0 Å². The van der Waals surface area contributed by atoms with Gasteiger partial charge in [0, 0.05) is 26.2 Å². The van der Waals surface area contributed by atoms with Gasteiger partial charge in [-0.2, -0.15) is 0 Å². The van der Waals surface area contributed by atoms with Crippen LogP contribution in [0.2, 0.25) is 0 Å². The fraction of sp³-hybridized carbons (Fsp3) is 0.400. The van der Waals surface area contributed by atoms with Crippen molar-refractivity contribution < 1.29 is 9.47 Å². The second kappa shape index (κ2) is 7.45. The molecule has 0 aliphatic carbocycles. The number of nitrogens with zero attached hydrogens (tertiary/aromatic N) is 2. The van der Waals surface area contributed by atoms with Gasteiger partial charge in [-0.1, -0.05) is 60.7 Å². The highest BCUT2D eigenvalue weighted by atomic mass is 16.6. The Morgan fingerprint density at radius 2 is 1.08 bits per heavy atom. The van der Waals surface area contributed by atoms with Gasteiger partial charge in [0.25, 0.3) is 0 Å². The van der Waals surface area contributed by atoms with Gasteiger partial charge in [-0.05, 0) is 11.1 Å². The molecule has 0 N–H and O–H groups in total. The Kier molecular flexibility index (Phi) is 4.90. The first-order valence-corrected chi connectivity index (χ1v) is 8.62. The highest BCUT2D eigenvalue weighted by Gasteiger charge is 2.35. The van der Waals surface area contributed by atoms with Crippen LogP contribution in [0.3, 0.4) is 0 Å². The molecule has 2 aliphatic heterocycles. The molecule has 126 valence electrons. The van der Waals surface area contributed by atoms with Crippen molar-refractivity contribution in [1.29, 1.82) is 0 Å². The first-order chi connectivity index (χ1) is 11.9. The molecule has 0 saturated carbocycles. The zero-order valence-electron chi connectivity index (χ0n) is 13.9. The Balaban J connectivity index is 1.30. The molecule has 0 bridgehead atoms. The molecule has 0 radical (unpaired) electrons. The van der Waals surface area contributed by atoms with Crippen LogP contribution in [0.1, 0.15) is 11.1 Å². The van der Waals surface area contributed by atoms with Gasteiger partial charge in [0.05, 0.1) is 25.7 Å². The van der Waals surface area contributed by atoms with E-state index in [1.807, 2.05) is 0 Å². The van der Waals surface area contributed by atoms with Crippen LogP contribution in [0.15, 0.2) is 60.7 Å². The van der Waals surface area contributed by atoms with Crippen molar-refractivity contribution in [3.63, 3.8) is 0 Å². The van der Waals surface area contributed by atoms with E-state index in [4.69, 9.17) is 9.47 Å². The minimum atomic E-state index is 0.175. The fourth-order valence-electron chi connectivity index (χ4n) is 3.48. The zero-order chi connectivity index (χ0) is 16.2. The van der Waals surface area contributed by atoms with E-state index in [9.17, 15) is 0 Å². The predicted molar refractivity (Wildman–Crippen MR) is 93.2 cm³/mol. The lowest BCUT2D eigenvalue weighted by Gasteiger charge is -2.44. The van der Waals surface area contributed by atoms with Crippen LogP contribution in [0.25, 0.3) is 0 Å². The Bertz CT molecular complexity index is 577. The number of ether oxygens (including phenoxy) is 2. The Hall–Kier alpha value is -1.72. The molecule has 2 aromatic carbocycles. The Labute approximate surface area is 143 Å². The average Bonchev–Trinajstić information content (AvgIpc) is 2.64. The van der Waals surface area contributed by atoms with Gasteiger partial charge in [-0.15, -0.1) is 0 Å². The number of hydrogen-bond donors (Lipinski definition) is 0. The fourth-order valence-corrected chi connectivity index (χ4v) is 3.48. The lowest BCUT2D eigenvalue weighted by atomic mass is 10.1. The molecule has 2 aliphatic rings. The molecular weight excluding hydrogens is 300 g/mol. The third-order valence-corrected chi connectivity index (χ3v) is 4.73. The van der Waals surface area contributed by atoms with Crippen molar-refractivity contribution in [2.75, 3.05) is 26.6 Å². The second-order valence-electron chi connectivity index (χ2n) is 6.66. The minimum absolute atomic E-state index is 0.175. The van der Waals surface area contributed by atoms with Gasteiger partial charge < -0.3 is 9.47 Å². The summed E-state index contributed by atoms with van der Waals surface area (Å²) in [5.41, 5.74) is 2.64. The highest BCUT2D eigenvalue weighted by Crippen LogP contribution is 2.22. The first-order valence-electron chi connectivity index (χ1n) is 8.62. The molecule has 4 nitrogen and oxygen atoms in total. The Morgan fingerprint density at radius 1 is 0.667 bits per heavy atom. The van der Waals surface area contributed by atoms with Gasteiger partial charge >= 0.3 is 0 Å².